The van der Waals surface area contributed by atoms with Gasteiger partial charge in [0.05, 0.1) is 11.6 Å². The molecule has 0 unspecified atom stereocenters. The molecule has 3 fully saturated rings. The van der Waals surface area contributed by atoms with E-state index in [0.29, 0.717) is 25.1 Å². The maximum absolute atomic E-state index is 12.5. The van der Waals surface area contributed by atoms with Crippen LogP contribution in [0.1, 0.15) is 31.2 Å². The van der Waals surface area contributed by atoms with Crippen LogP contribution in [0.15, 0.2) is 24.3 Å². The predicted molar refractivity (Wildman–Crippen MR) is 84.5 cm³/mol. The fourth-order valence-corrected chi connectivity index (χ4v) is 3.83. The Hall–Kier alpha value is -2.35. The average molecular weight is 309 g/mol. The molecule has 0 radical (unpaired) electrons. The van der Waals surface area contributed by atoms with Gasteiger partial charge in [-0.1, -0.05) is 0 Å². The lowest BCUT2D eigenvalue weighted by molar-refractivity contribution is -0.132. The lowest BCUT2D eigenvalue weighted by atomic mass is 9.86. The number of anilines is 1. The normalized spacial score (nSPS) is 26.8. The van der Waals surface area contributed by atoms with Gasteiger partial charge in [0.15, 0.2) is 0 Å². The van der Waals surface area contributed by atoms with Crippen LogP contribution in [0.2, 0.25) is 0 Å². The first-order valence-electron chi connectivity index (χ1n) is 8.20. The van der Waals surface area contributed by atoms with Crippen LogP contribution in [0.25, 0.3) is 0 Å². The van der Waals surface area contributed by atoms with Crippen molar-refractivity contribution in [3.8, 4) is 6.07 Å². The minimum atomic E-state index is -0.0878. The number of nitriles is 1. The Morgan fingerprint density at radius 2 is 1.96 bits per heavy atom. The van der Waals surface area contributed by atoms with E-state index < -0.39 is 0 Å². The smallest absolute Gasteiger partial charge is 0.227 e. The fourth-order valence-electron chi connectivity index (χ4n) is 3.83. The van der Waals surface area contributed by atoms with E-state index >= 15 is 0 Å². The van der Waals surface area contributed by atoms with Gasteiger partial charge in [0.25, 0.3) is 0 Å². The number of likely N-dealkylation sites (tertiary alicyclic amines) is 1. The molecule has 0 aromatic heterocycles. The molecular weight excluding hydrogens is 290 g/mol. The second-order valence-electron chi connectivity index (χ2n) is 7.10. The maximum Gasteiger partial charge on any atom is 0.227 e. The van der Waals surface area contributed by atoms with Crippen LogP contribution in [0.5, 0.6) is 0 Å². The third-order valence-electron chi connectivity index (χ3n) is 5.31. The number of nitrogens with zero attached hydrogens (tertiary/aromatic N) is 3. The first kappa shape index (κ1) is 14.3. The van der Waals surface area contributed by atoms with E-state index in [1.807, 2.05) is 21.9 Å². The Labute approximate surface area is 135 Å². The van der Waals surface area contributed by atoms with Crippen LogP contribution in [-0.4, -0.2) is 36.3 Å². The van der Waals surface area contributed by atoms with Crippen molar-refractivity contribution in [1.82, 2.24) is 4.90 Å². The number of amides is 2. The number of benzene rings is 1. The predicted octanol–water partition coefficient (Wildman–Crippen LogP) is 1.92. The first-order valence-corrected chi connectivity index (χ1v) is 8.20. The zero-order valence-electron chi connectivity index (χ0n) is 13.0. The summed E-state index contributed by atoms with van der Waals surface area (Å²) in [7, 11) is 0. The number of hydrogen-bond donors (Lipinski definition) is 0. The van der Waals surface area contributed by atoms with Gasteiger partial charge in [0.1, 0.15) is 0 Å². The van der Waals surface area contributed by atoms with Crippen LogP contribution in [0, 0.1) is 22.7 Å². The molecule has 0 bridgehead atoms. The molecule has 3 aliphatic rings. The van der Waals surface area contributed by atoms with E-state index in [1.54, 1.807) is 12.1 Å². The molecule has 4 rings (SSSR count). The second kappa shape index (κ2) is 5.09. The molecule has 2 amide bonds. The molecule has 1 aromatic carbocycles. The molecule has 1 atom stereocenters. The summed E-state index contributed by atoms with van der Waals surface area (Å²) in [6.45, 7) is 2.16. The highest BCUT2D eigenvalue weighted by molar-refractivity contribution is 5.96. The second-order valence-corrected chi connectivity index (χ2v) is 7.10. The molecule has 118 valence electrons. The molecule has 1 spiro atoms. The van der Waals surface area contributed by atoms with Crippen LogP contribution in [-0.2, 0) is 9.59 Å². The molecule has 1 saturated carbocycles. The fraction of sp³-hybridized carbons (Fsp3) is 0.500. The molecule has 2 heterocycles. The van der Waals surface area contributed by atoms with Crippen LogP contribution in [0.4, 0.5) is 5.69 Å². The van der Waals surface area contributed by atoms with Gasteiger partial charge in [-0.25, -0.2) is 0 Å². The molecule has 2 aliphatic heterocycles. The van der Waals surface area contributed by atoms with Crippen LogP contribution in [0.3, 0.4) is 0 Å². The van der Waals surface area contributed by atoms with Crippen molar-refractivity contribution in [2.24, 2.45) is 11.3 Å². The molecule has 2 saturated heterocycles. The van der Waals surface area contributed by atoms with Crippen molar-refractivity contribution in [2.45, 2.75) is 25.7 Å². The Morgan fingerprint density at radius 3 is 2.61 bits per heavy atom. The molecule has 0 N–H and O–H groups in total. The summed E-state index contributed by atoms with van der Waals surface area (Å²) in [5.41, 5.74) is 1.35. The van der Waals surface area contributed by atoms with Gasteiger partial charge in [-0.3, -0.25) is 9.59 Å². The SMILES string of the molecule is N#Cc1ccc(N2C[C@]3(CCN(C(=O)C4CC4)C3)CC2=O)cc1. The quantitative estimate of drug-likeness (QED) is 0.838. The number of carbonyl (C=O) groups is 2. The van der Waals surface area contributed by atoms with E-state index in [2.05, 4.69) is 6.07 Å². The molecule has 5 heteroatoms. The number of carbonyl (C=O) groups excluding carboxylic acids is 2. The molecular formula is C18H19N3O2. The largest absolute Gasteiger partial charge is 0.342 e. The standard InChI is InChI=1S/C18H19N3O2/c19-10-13-1-5-15(6-2-13)21-12-18(9-16(21)22)7-8-20(11-18)17(23)14-3-4-14/h1-2,5-6,14H,3-4,7-9,11-12H2/t18-/m1/s1. The summed E-state index contributed by atoms with van der Waals surface area (Å²) < 4.78 is 0. The topological polar surface area (TPSA) is 64.4 Å². The van der Waals surface area contributed by atoms with Crippen molar-refractivity contribution in [3.63, 3.8) is 0 Å². The molecule has 1 aliphatic carbocycles. The van der Waals surface area contributed by atoms with Gasteiger partial charge in [-0.05, 0) is 43.5 Å². The number of hydrogen-bond acceptors (Lipinski definition) is 3. The third kappa shape index (κ3) is 2.48. The van der Waals surface area contributed by atoms with E-state index in [-0.39, 0.29) is 23.1 Å². The maximum atomic E-state index is 12.5. The van der Waals surface area contributed by atoms with E-state index in [4.69, 9.17) is 5.26 Å². The summed E-state index contributed by atoms with van der Waals surface area (Å²) >= 11 is 0. The van der Waals surface area contributed by atoms with Crippen molar-refractivity contribution in [1.29, 1.82) is 5.26 Å². The third-order valence-corrected chi connectivity index (χ3v) is 5.31. The lowest BCUT2D eigenvalue weighted by Crippen LogP contribution is -2.34. The van der Waals surface area contributed by atoms with Gasteiger partial charge in [0.2, 0.25) is 11.8 Å². The molecule has 1 aromatic rings. The zero-order valence-corrected chi connectivity index (χ0v) is 13.0. The van der Waals surface area contributed by atoms with Crippen LogP contribution >= 0.6 is 0 Å². The molecule has 5 nitrogen and oxygen atoms in total. The minimum absolute atomic E-state index is 0.0878. The summed E-state index contributed by atoms with van der Waals surface area (Å²) in [6.07, 6.45) is 3.47. The Kier molecular flexibility index (Phi) is 3.15. The van der Waals surface area contributed by atoms with Gasteiger partial charge in [0, 0.05) is 43.1 Å². The average Bonchev–Trinajstić information content (AvgIpc) is 3.27. The summed E-state index contributed by atoms with van der Waals surface area (Å²) in [4.78, 5) is 28.5. The van der Waals surface area contributed by atoms with Gasteiger partial charge in [-0.15, -0.1) is 0 Å². The van der Waals surface area contributed by atoms with Crippen molar-refractivity contribution in [3.05, 3.63) is 29.8 Å². The van der Waals surface area contributed by atoms with E-state index in [0.717, 1.165) is 31.5 Å². The van der Waals surface area contributed by atoms with Gasteiger partial charge >= 0.3 is 0 Å². The van der Waals surface area contributed by atoms with Gasteiger partial charge < -0.3 is 9.80 Å². The Morgan fingerprint density at radius 1 is 1.22 bits per heavy atom. The van der Waals surface area contributed by atoms with Gasteiger partial charge in [-0.2, -0.15) is 5.26 Å². The summed E-state index contributed by atoms with van der Waals surface area (Å²) in [5.74, 6) is 0.651. The monoisotopic (exact) mass is 309 g/mol. The zero-order chi connectivity index (χ0) is 16.0. The minimum Gasteiger partial charge on any atom is -0.342 e. The molecule has 23 heavy (non-hydrogen) atoms. The van der Waals surface area contributed by atoms with Crippen molar-refractivity contribution >= 4 is 17.5 Å². The van der Waals surface area contributed by atoms with Crippen molar-refractivity contribution < 1.29 is 9.59 Å². The first-order chi connectivity index (χ1) is 11.1. The number of rotatable bonds is 2. The van der Waals surface area contributed by atoms with E-state index in [1.165, 1.54) is 0 Å². The Bertz CT molecular complexity index is 702. The summed E-state index contributed by atoms with van der Waals surface area (Å²) in [6, 6.07) is 9.24. The summed E-state index contributed by atoms with van der Waals surface area (Å²) in [5, 5.41) is 8.88. The van der Waals surface area contributed by atoms with E-state index in [9.17, 15) is 9.59 Å². The lowest BCUT2D eigenvalue weighted by Gasteiger charge is -2.24. The van der Waals surface area contributed by atoms with Crippen molar-refractivity contribution in [2.75, 3.05) is 24.5 Å². The Balaban J connectivity index is 1.49. The highest BCUT2D eigenvalue weighted by Crippen LogP contribution is 2.43. The highest BCUT2D eigenvalue weighted by atomic mass is 16.2. The highest BCUT2D eigenvalue weighted by Gasteiger charge is 2.50. The van der Waals surface area contributed by atoms with Crippen LogP contribution < -0.4 is 4.90 Å².